The van der Waals surface area contributed by atoms with Crippen molar-refractivity contribution in [1.82, 2.24) is 4.98 Å². The zero-order valence-corrected chi connectivity index (χ0v) is 11.2. The quantitative estimate of drug-likeness (QED) is 0.510. The van der Waals surface area contributed by atoms with Crippen molar-refractivity contribution < 1.29 is 22.5 Å². The summed E-state index contributed by atoms with van der Waals surface area (Å²) in [7, 11) is 0. The van der Waals surface area contributed by atoms with Gasteiger partial charge in [-0.2, -0.15) is 13.2 Å². The summed E-state index contributed by atoms with van der Waals surface area (Å²) in [5, 5.41) is 10.3. The first-order valence-corrected chi connectivity index (χ1v) is 5.96. The van der Waals surface area contributed by atoms with E-state index >= 15 is 0 Å². The molecule has 0 unspecified atom stereocenters. The first-order chi connectivity index (χ1) is 10.1. The summed E-state index contributed by atoms with van der Waals surface area (Å²) in [4.78, 5) is 13.5. The fourth-order valence-corrected chi connectivity index (χ4v) is 2.02. The van der Waals surface area contributed by atoms with E-state index in [1.165, 1.54) is 0 Å². The summed E-state index contributed by atoms with van der Waals surface area (Å²) in [6.07, 6.45) is -4.76. The Morgan fingerprint density at radius 2 is 1.86 bits per heavy atom. The zero-order chi connectivity index (χ0) is 16.7. The Hall–Kier alpha value is -2.42. The van der Waals surface area contributed by atoms with Crippen molar-refractivity contribution in [1.29, 1.82) is 0 Å². The smallest absolute Gasteiger partial charge is 0.378 e. The predicted octanol–water partition coefficient (Wildman–Crippen LogP) is 4.05. The van der Waals surface area contributed by atoms with Gasteiger partial charge >= 0.3 is 11.9 Å². The van der Waals surface area contributed by atoms with Crippen LogP contribution in [0.5, 0.6) is 0 Å². The monoisotopic (exact) mass is 335 g/mol. The highest BCUT2D eigenvalue weighted by molar-refractivity contribution is 6.33. The molecule has 1 aromatic carbocycles. The maximum Gasteiger partial charge on any atom is 0.416 e. The molecule has 1 heterocycles. The molecule has 0 saturated heterocycles. The first kappa shape index (κ1) is 16.0. The molecule has 0 bridgehead atoms. The summed E-state index contributed by atoms with van der Waals surface area (Å²) in [5.74, 6) is -1.72. The van der Waals surface area contributed by atoms with Crippen LogP contribution >= 0.6 is 11.6 Å². The average Bonchev–Trinajstić information content (AvgIpc) is 2.35. The van der Waals surface area contributed by atoms with E-state index in [0.717, 1.165) is 12.1 Å². The highest BCUT2D eigenvalue weighted by atomic mass is 35.5. The third kappa shape index (κ3) is 3.08. The Labute approximate surface area is 125 Å². The lowest BCUT2D eigenvalue weighted by atomic mass is 10.1. The fraction of sp³-hybridized carbons (Fsp3) is 0.0833. The van der Waals surface area contributed by atoms with Crippen molar-refractivity contribution in [3.63, 3.8) is 0 Å². The molecule has 2 N–H and O–H groups in total. The molecule has 0 spiro atoms. The maximum absolute atomic E-state index is 13.4. The van der Waals surface area contributed by atoms with Crippen molar-refractivity contribution in [2.75, 3.05) is 5.73 Å². The first-order valence-electron chi connectivity index (χ1n) is 5.58. The number of anilines is 1. The van der Waals surface area contributed by atoms with Gasteiger partial charge in [-0.05, 0) is 24.3 Å². The Kier molecular flexibility index (Phi) is 3.92. The Balaban J connectivity index is 2.63. The van der Waals surface area contributed by atoms with Gasteiger partial charge in [0.25, 0.3) is 0 Å². The maximum atomic E-state index is 13.4. The number of pyridine rings is 1. The van der Waals surface area contributed by atoms with Crippen molar-refractivity contribution in [2.45, 2.75) is 6.18 Å². The van der Waals surface area contributed by atoms with Crippen LogP contribution in [0, 0.1) is 15.9 Å². The second-order valence-corrected chi connectivity index (χ2v) is 4.61. The van der Waals surface area contributed by atoms with Gasteiger partial charge in [0.1, 0.15) is 10.8 Å². The van der Waals surface area contributed by atoms with E-state index in [4.69, 9.17) is 17.3 Å². The molecular weight excluding hydrogens is 330 g/mol. The number of aromatic nitrogens is 1. The molecule has 116 valence electrons. The highest BCUT2D eigenvalue weighted by Crippen LogP contribution is 2.36. The SMILES string of the molecule is Nc1nc(-c2cc(F)cc(C(F)(F)F)c2)cc(Cl)c1[N+](=O)[O-]. The molecular formula is C12H6ClF4N3O2. The van der Waals surface area contributed by atoms with Crippen LogP contribution < -0.4 is 5.73 Å². The number of nitrogens with zero attached hydrogens (tertiary/aromatic N) is 2. The van der Waals surface area contributed by atoms with Crippen molar-refractivity contribution in [3.05, 3.63) is 50.8 Å². The third-order valence-electron chi connectivity index (χ3n) is 2.68. The largest absolute Gasteiger partial charge is 0.416 e. The second-order valence-electron chi connectivity index (χ2n) is 4.21. The molecule has 10 heteroatoms. The lowest BCUT2D eigenvalue weighted by Gasteiger charge is -2.10. The minimum absolute atomic E-state index is 0.210. The molecule has 0 fully saturated rings. The second kappa shape index (κ2) is 5.41. The van der Waals surface area contributed by atoms with E-state index in [9.17, 15) is 27.7 Å². The van der Waals surface area contributed by atoms with E-state index in [1.54, 1.807) is 0 Å². The summed E-state index contributed by atoms with van der Waals surface area (Å²) in [6, 6.07) is 2.71. The minimum atomic E-state index is -4.76. The summed E-state index contributed by atoms with van der Waals surface area (Å²) >= 11 is 5.67. The van der Waals surface area contributed by atoms with Gasteiger partial charge in [-0.15, -0.1) is 0 Å². The zero-order valence-electron chi connectivity index (χ0n) is 10.5. The van der Waals surface area contributed by atoms with Crippen LogP contribution in [-0.2, 0) is 6.18 Å². The van der Waals surface area contributed by atoms with E-state index in [-0.39, 0.29) is 11.3 Å². The Morgan fingerprint density at radius 3 is 2.36 bits per heavy atom. The molecule has 5 nitrogen and oxygen atoms in total. The lowest BCUT2D eigenvalue weighted by Crippen LogP contribution is -2.06. The number of nitro groups is 1. The van der Waals surface area contributed by atoms with E-state index in [2.05, 4.69) is 4.98 Å². The van der Waals surface area contributed by atoms with Gasteiger partial charge in [-0.3, -0.25) is 10.1 Å². The number of benzene rings is 1. The molecule has 0 aliphatic rings. The standard InChI is InChI=1S/C12H6ClF4N3O2/c13-8-4-9(19-11(18)10(8)20(21)22)5-1-6(12(15,16)17)3-7(14)2-5/h1-4H,(H2,18,19). The topological polar surface area (TPSA) is 82.0 Å². The van der Waals surface area contributed by atoms with Crippen LogP contribution in [0.4, 0.5) is 29.1 Å². The summed E-state index contributed by atoms with van der Waals surface area (Å²) in [6.45, 7) is 0. The van der Waals surface area contributed by atoms with E-state index in [1.807, 2.05) is 0 Å². The predicted molar refractivity (Wildman–Crippen MR) is 70.7 cm³/mol. The van der Waals surface area contributed by atoms with Gasteiger partial charge in [-0.25, -0.2) is 9.37 Å². The lowest BCUT2D eigenvalue weighted by molar-refractivity contribution is -0.384. The fourth-order valence-electron chi connectivity index (χ4n) is 1.76. The molecule has 2 rings (SSSR count). The molecule has 0 saturated carbocycles. The number of hydrogen-bond donors (Lipinski definition) is 1. The molecule has 0 aliphatic carbocycles. The van der Waals surface area contributed by atoms with Crippen LogP contribution in [0.15, 0.2) is 24.3 Å². The van der Waals surface area contributed by atoms with Crippen molar-refractivity contribution >= 4 is 23.1 Å². The number of nitrogens with two attached hydrogens (primary N) is 1. The van der Waals surface area contributed by atoms with Crippen LogP contribution in [0.25, 0.3) is 11.3 Å². The molecule has 2 aromatic rings. The van der Waals surface area contributed by atoms with Gasteiger partial charge in [0.05, 0.1) is 16.2 Å². The normalized spacial score (nSPS) is 11.5. The average molecular weight is 336 g/mol. The number of alkyl halides is 3. The molecule has 0 atom stereocenters. The van der Waals surface area contributed by atoms with Crippen LogP contribution in [0.3, 0.4) is 0 Å². The van der Waals surface area contributed by atoms with Gasteiger partial charge in [0, 0.05) is 5.56 Å². The molecule has 0 radical (unpaired) electrons. The number of hydrogen-bond acceptors (Lipinski definition) is 4. The van der Waals surface area contributed by atoms with Gasteiger partial charge < -0.3 is 5.73 Å². The van der Waals surface area contributed by atoms with E-state index < -0.39 is 39.0 Å². The number of nitrogen functional groups attached to an aromatic ring is 1. The molecule has 22 heavy (non-hydrogen) atoms. The van der Waals surface area contributed by atoms with Gasteiger partial charge in [-0.1, -0.05) is 11.6 Å². The van der Waals surface area contributed by atoms with Crippen molar-refractivity contribution in [2.24, 2.45) is 0 Å². The summed E-state index contributed by atoms with van der Waals surface area (Å²) < 4.78 is 51.3. The Morgan fingerprint density at radius 1 is 1.23 bits per heavy atom. The Bertz CT molecular complexity index is 742. The van der Waals surface area contributed by atoms with Crippen LogP contribution in [-0.4, -0.2) is 9.91 Å². The molecule has 0 amide bonds. The van der Waals surface area contributed by atoms with E-state index in [0.29, 0.717) is 12.1 Å². The van der Waals surface area contributed by atoms with Crippen molar-refractivity contribution in [3.8, 4) is 11.3 Å². The number of halogens is 5. The third-order valence-corrected chi connectivity index (χ3v) is 2.96. The van der Waals surface area contributed by atoms with Gasteiger partial charge in [0.15, 0.2) is 0 Å². The van der Waals surface area contributed by atoms with Crippen LogP contribution in [0.1, 0.15) is 5.56 Å². The molecule has 0 aliphatic heterocycles. The summed E-state index contributed by atoms with van der Waals surface area (Å²) in [5.41, 5.74) is 3.01. The highest BCUT2D eigenvalue weighted by Gasteiger charge is 2.32. The van der Waals surface area contributed by atoms with Crippen LogP contribution in [0.2, 0.25) is 5.02 Å². The van der Waals surface area contributed by atoms with Gasteiger partial charge in [0.2, 0.25) is 5.82 Å². The number of rotatable bonds is 2. The molecule has 1 aromatic heterocycles. The minimum Gasteiger partial charge on any atom is -0.378 e.